The standard InChI is InChI=1S/C11H22N2/c1-8-3-9(2)5-11(4-8)13-6-10(12)7-13/h8-11H,3-7,12H2,1-2H3. The molecule has 2 nitrogen and oxygen atoms in total. The number of likely N-dealkylation sites (tertiary alicyclic amines) is 1. The second-order valence-electron chi connectivity index (χ2n) is 5.29. The Morgan fingerprint density at radius 1 is 1.00 bits per heavy atom. The van der Waals surface area contributed by atoms with Crippen LogP contribution in [0.5, 0.6) is 0 Å². The molecule has 1 saturated heterocycles. The third-order valence-corrected chi connectivity index (χ3v) is 3.61. The van der Waals surface area contributed by atoms with E-state index in [0.29, 0.717) is 6.04 Å². The minimum absolute atomic E-state index is 0.465. The van der Waals surface area contributed by atoms with E-state index in [9.17, 15) is 0 Å². The van der Waals surface area contributed by atoms with Crippen molar-refractivity contribution in [1.29, 1.82) is 0 Å². The Balaban J connectivity index is 1.85. The van der Waals surface area contributed by atoms with E-state index in [1.54, 1.807) is 0 Å². The maximum atomic E-state index is 5.80. The molecule has 0 spiro atoms. The first-order valence-corrected chi connectivity index (χ1v) is 5.64. The van der Waals surface area contributed by atoms with Crippen molar-refractivity contribution in [2.24, 2.45) is 17.6 Å². The van der Waals surface area contributed by atoms with Gasteiger partial charge in [-0.05, 0) is 31.1 Å². The fourth-order valence-corrected chi connectivity index (χ4v) is 3.05. The molecule has 2 aliphatic rings. The van der Waals surface area contributed by atoms with Gasteiger partial charge in [0.1, 0.15) is 0 Å². The van der Waals surface area contributed by atoms with Gasteiger partial charge < -0.3 is 5.73 Å². The molecular weight excluding hydrogens is 160 g/mol. The highest BCUT2D eigenvalue weighted by Crippen LogP contribution is 2.32. The van der Waals surface area contributed by atoms with Gasteiger partial charge in [0.05, 0.1) is 0 Å². The third-order valence-electron chi connectivity index (χ3n) is 3.61. The van der Waals surface area contributed by atoms with Crippen LogP contribution in [0.3, 0.4) is 0 Å². The second-order valence-corrected chi connectivity index (χ2v) is 5.29. The highest BCUT2D eigenvalue weighted by molar-refractivity contribution is 4.91. The van der Waals surface area contributed by atoms with Gasteiger partial charge in [0.15, 0.2) is 0 Å². The van der Waals surface area contributed by atoms with Crippen LogP contribution in [0.2, 0.25) is 0 Å². The number of hydrogen-bond donors (Lipinski definition) is 1. The molecule has 1 heterocycles. The smallest absolute Gasteiger partial charge is 0.0297 e. The van der Waals surface area contributed by atoms with Crippen molar-refractivity contribution in [1.82, 2.24) is 4.90 Å². The van der Waals surface area contributed by atoms with Gasteiger partial charge in [0.2, 0.25) is 0 Å². The SMILES string of the molecule is CC1CC(C)CC(N2CC(N)C2)C1. The summed E-state index contributed by atoms with van der Waals surface area (Å²) in [7, 11) is 0. The molecule has 1 saturated carbocycles. The van der Waals surface area contributed by atoms with Gasteiger partial charge in [0, 0.05) is 25.2 Å². The van der Waals surface area contributed by atoms with E-state index >= 15 is 0 Å². The molecule has 2 N–H and O–H groups in total. The van der Waals surface area contributed by atoms with Crippen molar-refractivity contribution in [3.63, 3.8) is 0 Å². The topological polar surface area (TPSA) is 29.3 Å². The molecule has 0 radical (unpaired) electrons. The van der Waals surface area contributed by atoms with Crippen molar-refractivity contribution in [2.45, 2.75) is 45.2 Å². The van der Waals surface area contributed by atoms with Crippen molar-refractivity contribution in [2.75, 3.05) is 13.1 Å². The zero-order chi connectivity index (χ0) is 9.42. The van der Waals surface area contributed by atoms with Crippen molar-refractivity contribution >= 4 is 0 Å². The van der Waals surface area contributed by atoms with Crippen LogP contribution in [0, 0.1) is 11.8 Å². The molecule has 0 amide bonds. The van der Waals surface area contributed by atoms with Gasteiger partial charge >= 0.3 is 0 Å². The third kappa shape index (κ3) is 2.05. The zero-order valence-electron chi connectivity index (χ0n) is 8.87. The first-order chi connectivity index (χ1) is 6.15. The van der Waals surface area contributed by atoms with Gasteiger partial charge in [-0.15, -0.1) is 0 Å². The molecule has 2 unspecified atom stereocenters. The molecule has 0 bridgehead atoms. The van der Waals surface area contributed by atoms with Gasteiger partial charge in [-0.1, -0.05) is 13.8 Å². The maximum Gasteiger partial charge on any atom is 0.0297 e. The normalized spacial score (nSPS) is 43.2. The Morgan fingerprint density at radius 2 is 1.54 bits per heavy atom. The molecule has 13 heavy (non-hydrogen) atoms. The lowest BCUT2D eigenvalue weighted by Crippen LogP contribution is -2.60. The van der Waals surface area contributed by atoms with Crippen LogP contribution in [-0.4, -0.2) is 30.1 Å². The summed E-state index contributed by atoms with van der Waals surface area (Å²) in [6.45, 7) is 7.07. The Labute approximate surface area is 81.5 Å². The molecule has 2 atom stereocenters. The van der Waals surface area contributed by atoms with Crippen LogP contribution >= 0.6 is 0 Å². The van der Waals surface area contributed by atoms with Crippen LogP contribution in [0.25, 0.3) is 0 Å². The number of rotatable bonds is 1. The Hall–Kier alpha value is -0.0800. The van der Waals surface area contributed by atoms with E-state index in [-0.39, 0.29) is 0 Å². The average molecular weight is 182 g/mol. The second kappa shape index (κ2) is 3.58. The Bertz CT molecular complexity index is 165. The van der Waals surface area contributed by atoms with Gasteiger partial charge in [0.25, 0.3) is 0 Å². The summed E-state index contributed by atoms with van der Waals surface area (Å²) in [6, 6.07) is 1.31. The summed E-state index contributed by atoms with van der Waals surface area (Å²) in [5, 5.41) is 0. The molecule has 76 valence electrons. The molecule has 0 aromatic heterocycles. The summed E-state index contributed by atoms with van der Waals surface area (Å²) < 4.78 is 0. The van der Waals surface area contributed by atoms with Crippen molar-refractivity contribution in [3.05, 3.63) is 0 Å². The molecule has 1 aliphatic heterocycles. The highest BCUT2D eigenvalue weighted by Gasteiger charge is 2.34. The van der Waals surface area contributed by atoms with E-state index in [2.05, 4.69) is 18.7 Å². The molecular formula is C11H22N2. The van der Waals surface area contributed by atoms with Crippen LogP contribution in [0.15, 0.2) is 0 Å². The largest absolute Gasteiger partial charge is 0.325 e. The van der Waals surface area contributed by atoms with Gasteiger partial charge in [-0.3, -0.25) is 4.90 Å². The van der Waals surface area contributed by atoms with Crippen LogP contribution in [0.4, 0.5) is 0 Å². The quantitative estimate of drug-likeness (QED) is 0.665. The molecule has 2 heteroatoms. The van der Waals surface area contributed by atoms with Gasteiger partial charge in [-0.25, -0.2) is 0 Å². The molecule has 0 aromatic carbocycles. The Morgan fingerprint density at radius 3 is 2.00 bits per heavy atom. The van der Waals surface area contributed by atoms with Crippen molar-refractivity contribution in [3.8, 4) is 0 Å². The first kappa shape index (κ1) is 9.47. The summed E-state index contributed by atoms with van der Waals surface area (Å²) in [5.41, 5.74) is 5.80. The van der Waals surface area contributed by atoms with E-state index in [1.807, 2.05) is 0 Å². The highest BCUT2D eigenvalue weighted by atomic mass is 15.2. The molecule has 2 fully saturated rings. The lowest BCUT2D eigenvalue weighted by Gasteiger charge is -2.46. The van der Waals surface area contributed by atoms with E-state index in [1.165, 1.54) is 19.3 Å². The minimum Gasteiger partial charge on any atom is -0.325 e. The van der Waals surface area contributed by atoms with Crippen LogP contribution in [-0.2, 0) is 0 Å². The lowest BCUT2D eigenvalue weighted by atomic mass is 9.79. The van der Waals surface area contributed by atoms with Gasteiger partial charge in [-0.2, -0.15) is 0 Å². The Kier molecular flexibility index (Phi) is 2.61. The zero-order valence-corrected chi connectivity index (χ0v) is 8.87. The minimum atomic E-state index is 0.465. The fraction of sp³-hybridized carbons (Fsp3) is 1.00. The average Bonchev–Trinajstić information content (AvgIpc) is 1.96. The van der Waals surface area contributed by atoms with E-state index in [4.69, 9.17) is 5.73 Å². The predicted octanol–water partition coefficient (Wildman–Crippen LogP) is 1.45. The number of nitrogens with zero attached hydrogens (tertiary/aromatic N) is 1. The lowest BCUT2D eigenvalue weighted by molar-refractivity contribution is 0.0448. The van der Waals surface area contributed by atoms with E-state index < -0.39 is 0 Å². The molecule has 1 aliphatic carbocycles. The summed E-state index contributed by atoms with van der Waals surface area (Å²) in [4.78, 5) is 2.58. The number of hydrogen-bond acceptors (Lipinski definition) is 2. The summed E-state index contributed by atoms with van der Waals surface area (Å²) in [6.07, 6.45) is 4.23. The first-order valence-electron chi connectivity index (χ1n) is 5.64. The molecule has 0 aromatic rings. The predicted molar refractivity (Wildman–Crippen MR) is 55.5 cm³/mol. The van der Waals surface area contributed by atoms with Crippen molar-refractivity contribution < 1.29 is 0 Å². The fourth-order valence-electron chi connectivity index (χ4n) is 3.05. The summed E-state index contributed by atoms with van der Waals surface area (Å²) >= 11 is 0. The van der Waals surface area contributed by atoms with E-state index in [0.717, 1.165) is 31.0 Å². The summed E-state index contributed by atoms with van der Waals surface area (Å²) in [5.74, 6) is 1.84. The van der Waals surface area contributed by atoms with Crippen LogP contribution in [0.1, 0.15) is 33.1 Å². The number of nitrogens with two attached hydrogens (primary N) is 1. The monoisotopic (exact) mass is 182 g/mol. The molecule has 2 rings (SSSR count). The maximum absolute atomic E-state index is 5.80. The van der Waals surface area contributed by atoms with Crippen LogP contribution < -0.4 is 5.73 Å².